The lowest BCUT2D eigenvalue weighted by molar-refractivity contribution is -0.165. The highest BCUT2D eigenvalue weighted by atomic mass is 16.4. The Morgan fingerprint density at radius 1 is 0.611 bits per heavy atom. The quantitative estimate of drug-likeness (QED) is 0.297. The molecule has 6 N–H and O–H groups in total. The van der Waals surface area contributed by atoms with Crippen LogP contribution in [0.3, 0.4) is 0 Å². The van der Waals surface area contributed by atoms with Gasteiger partial charge < -0.3 is 30.6 Å². The maximum atomic E-state index is 10.9. The Bertz CT molecular complexity index is 729. The summed E-state index contributed by atoms with van der Waals surface area (Å²) in [6.45, 7) is 0. The zero-order valence-electron chi connectivity index (χ0n) is 20.9. The van der Waals surface area contributed by atoms with Crippen LogP contribution in [0.2, 0.25) is 0 Å². The van der Waals surface area contributed by atoms with Crippen LogP contribution in [0.25, 0.3) is 0 Å². The zero-order chi connectivity index (χ0) is 27.2. The van der Waals surface area contributed by atoms with Gasteiger partial charge in [-0.15, -0.1) is 0 Å². The second-order valence-corrected chi connectivity index (χ2v) is 10.3. The molecule has 0 aromatic heterocycles. The summed E-state index contributed by atoms with van der Waals surface area (Å²) in [4.78, 5) is 45.5. The van der Waals surface area contributed by atoms with Crippen LogP contribution in [0.4, 0.5) is 0 Å². The molecule has 0 radical (unpaired) electrons. The second-order valence-electron chi connectivity index (χ2n) is 10.3. The van der Waals surface area contributed by atoms with Crippen molar-refractivity contribution in [3.8, 4) is 0 Å². The van der Waals surface area contributed by atoms with Gasteiger partial charge in [0.05, 0.1) is 0 Å². The third kappa shape index (κ3) is 7.37. The van der Waals surface area contributed by atoms with E-state index in [-0.39, 0.29) is 12.1 Å². The topological polar surface area (TPSA) is 196 Å². The highest BCUT2D eigenvalue weighted by Gasteiger charge is 2.44. The van der Waals surface area contributed by atoms with E-state index in [9.17, 15) is 19.2 Å². The van der Waals surface area contributed by atoms with Gasteiger partial charge in [-0.3, -0.25) is 19.4 Å². The van der Waals surface area contributed by atoms with Crippen molar-refractivity contribution in [1.29, 1.82) is 0 Å². The average Bonchev–Trinajstić information content (AvgIpc) is 3.36. The third-order valence-electron chi connectivity index (χ3n) is 8.19. The predicted molar refractivity (Wildman–Crippen MR) is 126 cm³/mol. The summed E-state index contributed by atoms with van der Waals surface area (Å²) in [6, 6.07) is 0.672. The summed E-state index contributed by atoms with van der Waals surface area (Å²) >= 11 is 0. The number of carboxylic acids is 4. The van der Waals surface area contributed by atoms with Crippen LogP contribution >= 0.6 is 0 Å². The number of carbonyl (C=O) groups is 4. The molecular formula is C24H40N2O10. The highest BCUT2D eigenvalue weighted by Crippen LogP contribution is 2.39. The molecule has 0 spiro atoms. The van der Waals surface area contributed by atoms with E-state index in [1.807, 2.05) is 14.1 Å². The minimum atomic E-state index is -2.27. The standard InChI is InChI=1S/2C10H17NO2.C4H6O6/c2*1-11-8-5-3-2-4-7(8)6-9(11)10(12)13;5-1(3(7)8)2(6)4(9)10/h2*7-9H,2-6H2,1H3,(H,12,13);1-2,5-6H,(H,7,8)(H,9,10)/t2*7-,8-,9-;/m00./s1. The van der Waals surface area contributed by atoms with Crippen molar-refractivity contribution in [2.24, 2.45) is 11.8 Å². The zero-order valence-corrected chi connectivity index (χ0v) is 20.9. The van der Waals surface area contributed by atoms with Crippen LogP contribution in [0.1, 0.15) is 64.2 Å². The van der Waals surface area contributed by atoms with Crippen molar-refractivity contribution in [1.82, 2.24) is 9.80 Å². The van der Waals surface area contributed by atoms with Gasteiger partial charge in [0, 0.05) is 12.1 Å². The van der Waals surface area contributed by atoms with Gasteiger partial charge in [-0.05, 0) is 64.5 Å². The maximum Gasteiger partial charge on any atom is 0.335 e. The molecule has 4 aliphatic rings. The van der Waals surface area contributed by atoms with Crippen molar-refractivity contribution in [3.63, 3.8) is 0 Å². The lowest BCUT2D eigenvalue weighted by Gasteiger charge is -2.29. The monoisotopic (exact) mass is 516 g/mol. The Balaban J connectivity index is 0.000000193. The third-order valence-corrected chi connectivity index (χ3v) is 8.19. The molecule has 36 heavy (non-hydrogen) atoms. The number of rotatable bonds is 5. The van der Waals surface area contributed by atoms with Crippen molar-refractivity contribution < 1.29 is 49.8 Å². The summed E-state index contributed by atoms with van der Waals surface area (Å²) in [5.74, 6) is -3.52. The summed E-state index contributed by atoms with van der Waals surface area (Å²) in [6.07, 6.45) is 7.22. The average molecular weight is 517 g/mol. The van der Waals surface area contributed by atoms with Crippen molar-refractivity contribution in [3.05, 3.63) is 0 Å². The van der Waals surface area contributed by atoms with Gasteiger partial charge in [-0.2, -0.15) is 0 Å². The molecule has 2 aliphatic carbocycles. The largest absolute Gasteiger partial charge is 0.480 e. The maximum absolute atomic E-state index is 10.9. The Morgan fingerprint density at radius 2 is 0.917 bits per heavy atom. The number of hydrogen-bond donors (Lipinski definition) is 6. The van der Waals surface area contributed by atoms with Crippen molar-refractivity contribution in [2.45, 2.75) is 101 Å². The van der Waals surface area contributed by atoms with Gasteiger partial charge in [0.15, 0.2) is 12.2 Å². The normalized spacial score (nSPS) is 33.4. The van der Waals surface area contributed by atoms with Crippen LogP contribution in [0, 0.1) is 11.8 Å². The molecular weight excluding hydrogens is 476 g/mol. The molecule has 8 atom stereocenters. The number of likely N-dealkylation sites (N-methyl/N-ethyl adjacent to an activating group) is 2. The molecule has 12 heteroatoms. The molecule has 2 unspecified atom stereocenters. The molecule has 0 aromatic carbocycles. The molecule has 2 saturated heterocycles. The molecule has 2 heterocycles. The summed E-state index contributed by atoms with van der Waals surface area (Å²) < 4.78 is 0. The molecule has 0 bridgehead atoms. The Morgan fingerprint density at radius 3 is 1.17 bits per heavy atom. The molecule has 12 nitrogen and oxygen atoms in total. The van der Waals surface area contributed by atoms with Gasteiger partial charge in [0.2, 0.25) is 0 Å². The van der Waals surface area contributed by atoms with E-state index < -0.39 is 36.1 Å². The van der Waals surface area contributed by atoms with Crippen LogP contribution in [0.5, 0.6) is 0 Å². The first-order chi connectivity index (χ1) is 16.9. The molecule has 206 valence electrons. The lowest BCUT2D eigenvalue weighted by atomic mass is 9.85. The smallest absolute Gasteiger partial charge is 0.335 e. The van der Waals surface area contributed by atoms with Crippen LogP contribution in [-0.4, -0.2) is 115 Å². The number of likely N-dealkylation sites (tertiary alicyclic amines) is 2. The number of aliphatic hydroxyl groups is 2. The number of nitrogens with zero attached hydrogens (tertiary/aromatic N) is 2. The van der Waals surface area contributed by atoms with E-state index in [4.69, 9.17) is 30.6 Å². The van der Waals surface area contributed by atoms with E-state index >= 15 is 0 Å². The first kappa shape index (κ1) is 29.9. The van der Waals surface area contributed by atoms with Gasteiger partial charge in [0.1, 0.15) is 12.1 Å². The molecule has 2 aliphatic heterocycles. The van der Waals surface area contributed by atoms with Gasteiger partial charge in [-0.1, -0.05) is 25.7 Å². The van der Waals surface area contributed by atoms with E-state index in [0.29, 0.717) is 23.9 Å². The second kappa shape index (κ2) is 13.3. The van der Waals surface area contributed by atoms with Gasteiger partial charge >= 0.3 is 23.9 Å². The first-order valence-corrected chi connectivity index (χ1v) is 12.6. The number of aliphatic hydroxyl groups excluding tert-OH is 2. The lowest BCUT2D eigenvalue weighted by Crippen LogP contribution is -2.39. The minimum absolute atomic E-state index is 0.215. The summed E-state index contributed by atoms with van der Waals surface area (Å²) in [5, 5.41) is 50.5. The first-order valence-electron chi connectivity index (χ1n) is 12.6. The summed E-state index contributed by atoms with van der Waals surface area (Å²) in [7, 11) is 3.93. The molecule has 4 rings (SSSR count). The predicted octanol–water partition coefficient (Wildman–Crippen LogP) is 0.545. The SMILES string of the molecule is CN1[C@H](C(=O)O)C[C@@H]2CCCC[C@@H]21.CN1[C@H](C(=O)O)C[C@@H]2CCCC[C@@H]21.O=C(O)C(O)C(O)C(=O)O. The fourth-order valence-electron chi connectivity index (χ4n) is 6.19. The van der Waals surface area contributed by atoms with Crippen LogP contribution in [0.15, 0.2) is 0 Å². The van der Waals surface area contributed by atoms with Crippen LogP contribution < -0.4 is 0 Å². The highest BCUT2D eigenvalue weighted by molar-refractivity contribution is 5.83. The number of carboxylic acid groups (broad SMARTS) is 4. The van der Waals surface area contributed by atoms with E-state index in [2.05, 4.69) is 9.80 Å². The minimum Gasteiger partial charge on any atom is -0.480 e. The van der Waals surface area contributed by atoms with E-state index in [0.717, 1.165) is 12.8 Å². The Labute approximate surface area is 210 Å². The van der Waals surface area contributed by atoms with Gasteiger partial charge in [-0.25, -0.2) is 9.59 Å². The Kier molecular flexibility index (Phi) is 11.1. The fourth-order valence-corrected chi connectivity index (χ4v) is 6.19. The number of hydrogen-bond acceptors (Lipinski definition) is 8. The van der Waals surface area contributed by atoms with Gasteiger partial charge in [0.25, 0.3) is 0 Å². The molecule has 0 amide bonds. The fraction of sp³-hybridized carbons (Fsp3) is 0.833. The molecule has 4 fully saturated rings. The Hall–Kier alpha value is -2.28. The number of aliphatic carboxylic acids is 4. The van der Waals surface area contributed by atoms with Crippen molar-refractivity contribution in [2.75, 3.05) is 14.1 Å². The summed E-state index contributed by atoms with van der Waals surface area (Å²) in [5.41, 5.74) is 0. The molecule has 0 aromatic rings. The van der Waals surface area contributed by atoms with Crippen molar-refractivity contribution >= 4 is 23.9 Å². The van der Waals surface area contributed by atoms with E-state index in [1.165, 1.54) is 51.4 Å². The van der Waals surface area contributed by atoms with Crippen LogP contribution in [-0.2, 0) is 19.2 Å². The number of fused-ring (bicyclic) bond motifs is 2. The molecule has 2 saturated carbocycles. The van der Waals surface area contributed by atoms with E-state index in [1.54, 1.807) is 0 Å².